The van der Waals surface area contributed by atoms with E-state index >= 15 is 0 Å². The van der Waals surface area contributed by atoms with Crippen LogP contribution < -0.4 is 0 Å². The van der Waals surface area contributed by atoms with Crippen LogP contribution in [0.3, 0.4) is 0 Å². The number of rotatable bonds is 45. The minimum Gasteiger partial charge on any atom is -0.479 e. The molecule has 0 aromatic heterocycles. The highest BCUT2D eigenvalue weighted by atomic mass is 16.7. The summed E-state index contributed by atoms with van der Waals surface area (Å²) in [6.07, 6.45) is 52.6. The fraction of sp³-hybridized carbons (Fsp3) is 0.639. The Labute approximate surface area is 440 Å². The van der Waals surface area contributed by atoms with Crippen molar-refractivity contribution in [3.8, 4) is 0 Å². The number of ether oxygens (including phenoxy) is 5. The summed E-state index contributed by atoms with van der Waals surface area (Å²) in [5.74, 6) is -3.40. The van der Waals surface area contributed by atoms with Gasteiger partial charge in [0, 0.05) is 12.8 Å². The number of aliphatic carboxylic acids is 1. The molecule has 0 bridgehead atoms. The molecular weight excluding hydrogens is 925 g/mol. The zero-order valence-electron chi connectivity index (χ0n) is 45.1. The van der Waals surface area contributed by atoms with Crippen molar-refractivity contribution in [1.82, 2.24) is 0 Å². The molecule has 12 nitrogen and oxygen atoms in total. The van der Waals surface area contributed by atoms with Crippen LogP contribution in [0.5, 0.6) is 0 Å². The highest BCUT2D eigenvalue weighted by molar-refractivity contribution is 5.74. The summed E-state index contributed by atoms with van der Waals surface area (Å²) in [4.78, 5) is 50.9. The fourth-order valence-corrected chi connectivity index (χ4v) is 7.69. The lowest BCUT2D eigenvalue weighted by molar-refractivity contribution is -0.301. The van der Waals surface area contributed by atoms with E-state index in [2.05, 4.69) is 93.7 Å². The maximum absolute atomic E-state index is 13.1. The van der Waals surface area contributed by atoms with Gasteiger partial charge in [-0.05, 0) is 70.6 Å². The summed E-state index contributed by atoms with van der Waals surface area (Å²) in [5.41, 5.74) is 0. The predicted octanol–water partition coefficient (Wildman–Crippen LogP) is 13.9. The third-order valence-corrected chi connectivity index (χ3v) is 11.9. The van der Waals surface area contributed by atoms with Crippen molar-refractivity contribution < 1.29 is 58.2 Å². The molecule has 6 unspecified atom stereocenters. The summed E-state index contributed by atoms with van der Waals surface area (Å²) in [7, 11) is 0. The fourth-order valence-electron chi connectivity index (χ4n) is 7.69. The Balaban J connectivity index is 2.81. The molecule has 0 aromatic rings. The molecule has 1 aliphatic rings. The van der Waals surface area contributed by atoms with Crippen molar-refractivity contribution in [3.63, 3.8) is 0 Å². The first kappa shape index (κ1) is 66.4. The van der Waals surface area contributed by atoms with Gasteiger partial charge in [-0.3, -0.25) is 14.4 Å². The lowest BCUT2D eigenvalue weighted by Crippen LogP contribution is -2.61. The summed E-state index contributed by atoms with van der Waals surface area (Å²) in [6, 6.07) is 0. The van der Waals surface area contributed by atoms with Crippen LogP contribution in [0.2, 0.25) is 0 Å². The Morgan fingerprint density at radius 3 is 1.36 bits per heavy atom. The molecule has 1 aliphatic heterocycles. The Morgan fingerprint density at radius 2 is 0.904 bits per heavy atom. The number of hydrogen-bond acceptors (Lipinski definition) is 11. The van der Waals surface area contributed by atoms with E-state index in [9.17, 15) is 34.5 Å². The van der Waals surface area contributed by atoms with E-state index in [1.54, 1.807) is 6.08 Å². The zero-order chi connectivity index (χ0) is 53.3. The van der Waals surface area contributed by atoms with E-state index in [0.717, 1.165) is 64.2 Å². The van der Waals surface area contributed by atoms with Crippen LogP contribution in [0, 0.1) is 0 Å². The van der Waals surface area contributed by atoms with Crippen LogP contribution in [0.15, 0.2) is 109 Å². The van der Waals surface area contributed by atoms with Gasteiger partial charge in [0.1, 0.15) is 18.8 Å². The first-order chi connectivity index (χ1) is 35.6. The van der Waals surface area contributed by atoms with E-state index in [-0.39, 0.29) is 25.9 Å². The molecule has 1 rings (SSSR count). The third-order valence-electron chi connectivity index (χ3n) is 11.9. The molecule has 412 valence electrons. The Bertz CT molecular complexity index is 1690. The highest BCUT2D eigenvalue weighted by Crippen LogP contribution is 2.26. The summed E-state index contributed by atoms with van der Waals surface area (Å²) in [5, 5.41) is 31.4. The van der Waals surface area contributed by atoms with Crippen molar-refractivity contribution in [3.05, 3.63) is 109 Å². The Morgan fingerprint density at radius 1 is 0.479 bits per heavy atom. The van der Waals surface area contributed by atoms with Crippen LogP contribution in [0.25, 0.3) is 0 Å². The van der Waals surface area contributed by atoms with Gasteiger partial charge in [-0.25, -0.2) is 4.79 Å². The van der Waals surface area contributed by atoms with Gasteiger partial charge in [0.25, 0.3) is 0 Å². The number of carboxylic acid groups (broad SMARTS) is 1. The first-order valence-electron chi connectivity index (χ1n) is 27.9. The quantitative estimate of drug-likeness (QED) is 0.0228. The van der Waals surface area contributed by atoms with Gasteiger partial charge in [0.05, 0.1) is 13.0 Å². The molecule has 1 saturated heterocycles. The van der Waals surface area contributed by atoms with Crippen LogP contribution in [-0.4, -0.2) is 89.2 Å². The molecule has 0 amide bonds. The van der Waals surface area contributed by atoms with Crippen molar-refractivity contribution >= 4 is 23.9 Å². The van der Waals surface area contributed by atoms with Crippen LogP contribution in [0.1, 0.15) is 201 Å². The SMILES string of the molecule is CC/C=C\C/C=C\C/C=C\C/C=C\C/C=C\CC(=O)OCC(COC1OC(C(=O)O)C(O)C(O)C1OC(=O)CC/C=C\C/C=C\C/C=C\C/C=C\CC)OC(=O)CCCCCCCCCCCCCCCCC. The normalized spacial score (nSPS) is 19.2. The molecule has 3 N–H and O–H groups in total. The smallest absolute Gasteiger partial charge is 0.335 e. The van der Waals surface area contributed by atoms with Gasteiger partial charge < -0.3 is 39.0 Å². The van der Waals surface area contributed by atoms with Crippen LogP contribution >= 0.6 is 0 Å². The summed E-state index contributed by atoms with van der Waals surface area (Å²) in [6.45, 7) is 5.62. The average Bonchev–Trinajstić information content (AvgIpc) is 3.37. The monoisotopic (exact) mass is 1020 g/mol. The number of allylic oxidation sites excluding steroid dienone is 17. The van der Waals surface area contributed by atoms with Gasteiger partial charge in [-0.15, -0.1) is 0 Å². The van der Waals surface area contributed by atoms with E-state index in [4.69, 9.17) is 23.7 Å². The molecule has 0 spiro atoms. The lowest BCUT2D eigenvalue weighted by Gasteiger charge is -2.40. The molecule has 73 heavy (non-hydrogen) atoms. The number of esters is 3. The van der Waals surface area contributed by atoms with Gasteiger partial charge in [0.15, 0.2) is 24.6 Å². The molecule has 1 fully saturated rings. The number of carbonyl (C=O) groups is 4. The van der Waals surface area contributed by atoms with Crippen molar-refractivity contribution in [2.24, 2.45) is 0 Å². The number of carboxylic acids is 1. The zero-order valence-corrected chi connectivity index (χ0v) is 45.1. The van der Waals surface area contributed by atoms with E-state index in [1.807, 2.05) is 30.4 Å². The topological polar surface area (TPSA) is 175 Å². The summed E-state index contributed by atoms with van der Waals surface area (Å²) >= 11 is 0. The number of aliphatic hydroxyl groups is 2. The molecule has 6 atom stereocenters. The second-order valence-corrected chi connectivity index (χ2v) is 18.5. The molecule has 0 saturated carbocycles. The molecule has 1 heterocycles. The first-order valence-corrected chi connectivity index (χ1v) is 27.9. The van der Waals surface area contributed by atoms with Gasteiger partial charge >= 0.3 is 23.9 Å². The second-order valence-electron chi connectivity index (χ2n) is 18.5. The number of hydrogen-bond donors (Lipinski definition) is 3. The third kappa shape index (κ3) is 38.6. The standard InChI is InChI=1S/C61H96O12/c1-4-7-10-13-16-19-22-25-27-30-32-35-38-41-44-47-53(62)69-50-52(71-54(63)48-45-42-39-36-34-31-28-26-23-20-17-14-11-8-5-2)51-70-61-59(57(66)56(65)58(73-61)60(67)68)72-55(64)49-46-43-40-37-33-29-24-21-18-15-12-9-6-3/h7,9-10,12,16,18-19,21,25,27,29,32-33,35,40-41,43-44,52,56-59,61,65-66H,4-6,8,11,13-15,17,20,22-24,26,28,30-31,34,36-39,42,45-51H2,1-3H3,(H,67,68)/b10-7-,12-9-,19-16-,21-18-,27-25-,33-29-,35-32-,43-40-,44-41-. The average molecular weight is 1020 g/mol. The Kier molecular flexibility index (Phi) is 44.0. The molecule has 12 heteroatoms. The predicted molar refractivity (Wildman–Crippen MR) is 294 cm³/mol. The number of unbranched alkanes of at least 4 members (excludes halogenated alkanes) is 14. The maximum Gasteiger partial charge on any atom is 0.335 e. The van der Waals surface area contributed by atoms with Gasteiger partial charge in [-0.2, -0.15) is 0 Å². The van der Waals surface area contributed by atoms with E-state index in [1.165, 1.54) is 70.6 Å². The number of carbonyl (C=O) groups excluding carboxylic acids is 3. The van der Waals surface area contributed by atoms with Gasteiger partial charge in [0.2, 0.25) is 0 Å². The van der Waals surface area contributed by atoms with Crippen molar-refractivity contribution in [2.75, 3.05) is 13.2 Å². The molecule has 0 aliphatic carbocycles. The minimum atomic E-state index is -1.94. The highest BCUT2D eigenvalue weighted by Gasteiger charge is 2.50. The van der Waals surface area contributed by atoms with Crippen LogP contribution in [0.4, 0.5) is 0 Å². The largest absolute Gasteiger partial charge is 0.479 e. The van der Waals surface area contributed by atoms with Crippen molar-refractivity contribution in [1.29, 1.82) is 0 Å². The molecule has 0 radical (unpaired) electrons. The van der Waals surface area contributed by atoms with E-state index in [0.29, 0.717) is 25.7 Å². The van der Waals surface area contributed by atoms with Crippen molar-refractivity contribution in [2.45, 2.75) is 237 Å². The van der Waals surface area contributed by atoms with Crippen LogP contribution in [-0.2, 0) is 42.9 Å². The number of aliphatic hydroxyl groups excluding tert-OH is 2. The Hall–Kier alpha value is -4.62. The minimum absolute atomic E-state index is 0.0246. The second kappa shape index (κ2) is 48.3. The van der Waals surface area contributed by atoms with Gasteiger partial charge in [-0.1, -0.05) is 220 Å². The lowest BCUT2D eigenvalue weighted by atomic mass is 9.98. The van der Waals surface area contributed by atoms with E-state index < -0.39 is 67.3 Å². The summed E-state index contributed by atoms with van der Waals surface area (Å²) < 4.78 is 28.1. The maximum atomic E-state index is 13.1. The molecular formula is C61H96O12. The molecule has 0 aromatic carbocycles.